The number of aliphatic carboxylic acids is 1. The number of nitrogens with zero attached hydrogens (tertiary/aromatic N) is 3. The number of imide groups is 1. The molecule has 2 fully saturated rings. The minimum absolute atomic E-state index is 0.0621. The summed E-state index contributed by atoms with van der Waals surface area (Å²) >= 11 is 0. The fourth-order valence-corrected chi connectivity index (χ4v) is 4.84. The molecule has 4 amide bonds. The number of carboxylic acid groups (broad SMARTS) is 1. The molecule has 0 aromatic heterocycles. The second-order valence-corrected chi connectivity index (χ2v) is 8.69. The van der Waals surface area contributed by atoms with Crippen LogP contribution in [0.5, 0.6) is 0 Å². The summed E-state index contributed by atoms with van der Waals surface area (Å²) in [6.07, 6.45) is 4.17. The lowest BCUT2D eigenvalue weighted by molar-refractivity contribution is -0.145. The molecule has 0 aliphatic carbocycles. The lowest BCUT2D eigenvalue weighted by Crippen LogP contribution is -2.40. The summed E-state index contributed by atoms with van der Waals surface area (Å²) in [6.45, 7) is 1.88. The lowest BCUT2D eigenvalue weighted by Gasteiger charge is -2.30. The van der Waals surface area contributed by atoms with Crippen molar-refractivity contribution >= 4 is 23.8 Å². The molecular weight excluding hydrogens is 398 g/mol. The normalized spacial score (nSPS) is 21.3. The topological polar surface area (TPSA) is 98.2 Å². The van der Waals surface area contributed by atoms with Gasteiger partial charge in [-0.15, -0.1) is 0 Å². The van der Waals surface area contributed by atoms with E-state index in [-0.39, 0.29) is 23.8 Å². The maximum absolute atomic E-state index is 12.8. The van der Waals surface area contributed by atoms with Gasteiger partial charge in [0.2, 0.25) is 5.91 Å². The Morgan fingerprint density at radius 1 is 1.00 bits per heavy atom. The molecule has 166 valence electrons. The molecule has 0 bridgehead atoms. The zero-order chi connectivity index (χ0) is 22.0. The van der Waals surface area contributed by atoms with Crippen molar-refractivity contribution in [2.45, 2.75) is 57.5 Å². The predicted octanol–water partition coefficient (Wildman–Crippen LogP) is 2.26. The van der Waals surface area contributed by atoms with Gasteiger partial charge in [0.25, 0.3) is 5.91 Å². The standard InChI is InChI=1S/C23H29N3O5/c27-20(24-12-9-16(10-13-24)22(29)30)8-2-1-5-11-25-21(28)19-14-17-6-3-4-7-18(17)15-26(19)23(25)31/h3-4,6-7,16,19H,1-2,5,8-15H2,(H,29,30)/t19-/m0/s1. The Balaban J connectivity index is 1.19. The summed E-state index contributed by atoms with van der Waals surface area (Å²) in [5, 5.41) is 9.05. The third-order valence-corrected chi connectivity index (χ3v) is 6.75. The molecule has 1 atom stereocenters. The zero-order valence-corrected chi connectivity index (χ0v) is 17.7. The van der Waals surface area contributed by atoms with Crippen LogP contribution in [0.15, 0.2) is 24.3 Å². The minimum atomic E-state index is -0.779. The largest absolute Gasteiger partial charge is 0.481 e. The minimum Gasteiger partial charge on any atom is -0.481 e. The number of likely N-dealkylation sites (tertiary alicyclic amines) is 1. The van der Waals surface area contributed by atoms with Crippen LogP contribution in [0.2, 0.25) is 0 Å². The summed E-state index contributed by atoms with van der Waals surface area (Å²) < 4.78 is 0. The Kier molecular flexibility index (Phi) is 6.25. The molecule has 8 nitrogen and oxygen atoms in total. The first-order valence-corrected chi connectivity index (χ1v) is 11.1. The number of piperidine rings is 1. The zero-order valence-electron chi connectivity index (χ0n) is 17.7. The molecule has 4 rings (SSSR count). The van der Waals surface area contributed by atoms with Gasteiger partial charge in [-0.3, -0.25) is 19.3 Å². The van der Waals surface area contributed by atoms with Crippen LogP contribution in [-0.2, 0) is 27.3 Å². The van der Waals surface area contributed by atoms with Crippen LogP contribution in [0.1, 0.15) is 49.7 Å². The maximum atomic E-state index is 12.8. The van der Waals surface area contributed by atoms with Gasteiger partial charge in [-0.05, 0) is 36.8 Å². The summed E-state index contributed by atoms with van der Waals surface area (Å²) in [5.74, 6) is -1.17. The van der Waals surface area contributed by atoms with E-state index in [1.807, 2.05) is 24.3 Å². The van der Waals surface area contributed by atoms with Gasteiger partial charge < -0.3 is 14.9 Å². The second-order valence-electron chi connectivity index (χ2n) is 8.69. The molecule has 31 heavy (non-hydrogen) atoms. The predicted molar refractivity (Wildman–Crippen MR) is 112 cm³/mol. The van der Waals surface area contributed by atoms with Crippen molar-refractivity contribution in [3.8, 4) is 0 Å². The molecule has 0 radical (unpaired) electrons. The molecule has 0 unspecified atom stereocenters. The van der Waals surface area contributed by atoms with Crippen LogP contribution >= 0.6 is 0 Å². The number of hydrogen-bond acceptors (Lipinski definition) is 4. The number of carboxylic acids is 1. The molecule has 0 spiro atoms. The Bertz CT molecular complexity index is 835. The van der Waals surface area contributed by atoms with E-state index < -0.39 is 12.0 Å². The van der Waals surface area contributed by atoms with Crippen molar-refractivity contribution < 1.29 is 24.3 Å². The Hall–Kier alpha value is -2.90. The first-order valence-electron chi connectivity index (χ1n) is 11.1. The fourth-order valence-electron chi connectivity index (χ4n) is 4.84. The molecule has 2 saturated heterocycles. The van der Waals surface area contributed by atoms with E-state index >= 15 is 0 Å². The van der Waals surface area contributed by atoms with Crippen molar-refractivity contribution in [3.05, 3.63) is 35.4 Å². The summed E-state index contributed by atoms with van der Waals surface area (Å²) in [4.78, 5) is 53.7. The number of hydrogen-bond donors (Lipinski definition) is 1. The van der Waals surface area contributed by atoms with Crippen molar-refractivity contribution in [2.24, 2.45) is 5.92 Å². The Morgan fingerprint density at radius 3 is 2.42 bits per heavy atom. The molecule has 8 heteroatoms. The Morgan fingerprint density at radius 2 is 1.71 bits per heavy atom. The van der Waals surface area contributed by atoms with Crippen molar-refractivity contribution in [1.29, 1.82) is 0 Å². The Labute approximate surface area is 181 Å². The van der Waals surface area contributed by atoms with Crippen LogP contribution < -0.4 is 0 Å². The number of urea groups is 1. The number of benzene rings is 1. The van der Waals surface area contributed by atoms with Gasteiger partial charge in [-0.1, -0.05) is 30.7 Å². The smallest absolute Gasteiger partial charge is 0.327 e. The number of amides is 4. The summed E-state index contributed by atoms with van der Waals surface area (Å²) in [5.41, 5.74) is 2.24. The first-order chi connectivity index (χ1) is 15.0. The van der Waals surface area contributed by atoms with Gasteiger partial charge in [0.05, 0.1) is 5.92 Å². The molecule has 1 aromatic rings. The highest BCUT2D eigenvalue weighted by atomic mass is 16.4. The second kappa shape index (κ2) is 9.08. The molecular formula is C23H29N3O5. The van der Waals surface area contributed by atoms with E-state index in [9.17, 15) is 19.2 Å². The molecule has 3 aliphatic heterocycles. The van der Waals surface area contributed by atoms with E-state index in [4.69, 9.17) is 5.11 Å². The van der Waals surface area contributed by atoms with Crippen molar-refractivity contribution in [1.82, 2.24) is 14.7 Å². The van der Waals surface area contributed by atoms with E-state index in [1.165, 1.54) is 4.90 Å². The molecule has 1 aromatic carbocycles. The number of unbranched alkanes of at least 4 members (excludes halogenated alkanes) is 2. The van der Waals surface area contributed by atoms with Gasteiger partial charge in [0.15, 0.2) is 0 Å². The van der Waals surface area contributed by atoms with Gasteiger partial charge in [-0.2, -0.15) is 0 Å². The third-order valence-electron chi connectivity index (χ3n) is 6.75. The number of rotatable bonds is 7. The van der Waals surface area contributed by atoms with Gasteiger partial charge in [-0.25, -0.2) is 4.79 Å². The fraction of sp³-hybridized carbons (Fsp3) is 0.565. The van der Waals surface area contributed by atoms with Crippen LogP contribution in [0.4, 0.5) is 4.79 Å². The highest BCUT2D eigenvalue weighted by Crippen LogP contribution is 2.30. The van der Waals surface area contributed by atoms with Crippen LogP contribution in [-0.4, -0.2) is 69.3 Å². The average molecular weight is 428 g/mol. The van der Waals surface area contributed by atoms with E-state index in [2.05, 4.69) is 0 Å². The van der Waals surface area contributed by atoms with Gasteiger partial charge >= 0.3 is 12.0 Å². The number of carbonyl (C=O) groups excluding carboxylic acids is 3. The lowest BCUT2D eigenvalue weighted by atomic mass is 9.95. The molecule has 1 N–H and O–H groups in total. The molecule has 3 heterocycles. The summed E-state index contributed by atoms with van der Waals surface area (Å²) in [6, 6.07) is 7.35. The average Bonchev–Trinajstić information content (AvgIpc) is 3.01. The molecule has 0 saturated carbocycles. The first kappa shape index (κ1) is 21.3. The quantitative estimate of drug-likeness (QED) is 0.532. The van der Waals surface area contributed by atoms with Gasteiger partial charge in [0.1, 0.15) is 6.04 Å². The highest BCUT2D eigenvalue weighted by molar-refractivity contribution is 6.04. The highest BCUT2D eigenvalue weighted by Gasteiger charge is 2.46. The number of fused-ring (bicyclic) bond motifs is 2. The van der Waals surface area contributed by atoms with Crippen molar-refractivity contribution in [2.75, 3.05) is 19.6 Å². The van der Waals surface area contributed by atoms with E-state index in [0.717, 1.165) is 17.5 Å². The summed E-state index contributed by atoms with van der Waals surface area (Å²) in [7, 11) is 0. The van der Waals surface area contributed by atoms with Crippen LogP contribution in [0.3, 0.4) is 0 Å². The monoisotopic (exact) mass is 427 g/mol. The van der Waals surface area contributed by atoms with Crippen LogP contribution in [0.25, 0.3) is 0 Å². The van der Waals surface area contributed by atoms with Gasteiger partial charge in [0, 0.05) is 39.0 Å². The molecule has 3 aliphatic rings. The third kappa shape index (κ3) is 4.43. The van der Waals surface area contributed by atoms with E-state index in [1.54, 1.807) is 9.80 Å². The van der Waals surface area contributed by atoms with Crippen molar-refractivity contribution in [3.63, 3.8) is 0 Å². The number of carbonyl (C=O) groups is 4. The van der Waals surface area contributed by atoms with E-state index in [0.29, 0.717) is 64.7 Å². The van der Waals surface area contributed by atoms with Crippen LogP contribution in [0, 0.1) is 5.92 Å². The SMILES string of the molecule is O=C(O)C1CCN(C(=O)CCCCCN2C(=O)[C@@H]3Cc4ccccc4CN3C2=O)CC1. The maximum Gasteiger partial charge on any atom is 0.327 e.